The van der Waals surface area contributed by atoms with E-state index in [4.69, 9.17) is 5.73 Å². The molecule has 0 saturated carbocycles. The molecule has 6 nitrogen and oxygen atoms in total. The Morgan fingerprint density at radius 2 is 2.16 bits per heavy atom. The summed E-state index contributed by atoms with van der Waals surface area (Å²) in [6.45, 7) is 9.16. The highest BCUT2D eigenvalue weighted by Crippen LogP contribution is 2.07. The minimum Gasteiger partial charge on any atom is -0.391 e. The highest BCUT2D eigenvalue weighted by atomic mass is 16.6. The number of hydrogen-bond acceptors (Lipinski definition) is 5. The van der Waals surface area contributed by atoms with Gasteiger partial charge in [0.25, 0.3) is 0 Å². The number of carbonyl (C=O) groups excluding carboxylic acids is 1. The van der Waals surface area contributed by atoms with Gasteiger partial charge in [-0.05, 0) is 18.7 Å². The van der Waals surface area contributed by atoms with Crippen LogP contribution in [0.1, 0.15) is 19.4 Å². The summed E-state index contributed by atoms with van der Waals surface area (Å²) < 4.78 is 4.66. The van der Waals surface area contributed by atoms with Gasteiger partial charge in [0.05, 0.1) is 0 Å². The van der Waals surface area contributed by atoms with Crippen LogP contribution >= 0.6 is 0 Å². The maximum Gasteiger partial charge on any atom is 0.411 e. The Hall–Kier alpha value is -1.66. The Morgan fingerprint density at radius 3 is 2.68 bits per heavy atom. The van der Waals surface area contributed by atoms with Crippen LogP contribution in [0.3, 0.4) is 0 Å². The van der Waals surface area contributed by atoms with Gasteiger partial charge in [0, 0.05) is 31.9 Å². The number of aromatic nitrogens is 1. The topological polar surface area (TPSA) is 80.5 Å². The van der Waals surface area contributed by atoms with Gasteiger partial charge in [-0.25, -0.2) is 9.78 Å². The third kappa shape index (κ3) is 6.17. The number of rotatable bonds is 8. The normalized spacial score (nSPS) is 10.7. The predicted octanol–water partition coefficient (Wildman–Crippen LogP) is 0.971. The molecule has 1 heterocycles. The minimum atomic E-state index is -0.849. The Bertz CT molecular complexity index is 377. The Kier molecular flexibility index (Phi) is 6.84. The molecule has 0 radical (unpaired) electrons. The largest absolute Gasteiger partial charge is 0.411 e. The first kappa shape index (κ1) is 15.4. The first-order chi connectivity index (χ1) is 9.15. The fourth-order valence-corrected chi connectivity index (χ4v) is 1.69. The maximum absolute atomic E-state index is 10.5. The second-order valence-corrected chi connectivity index (χ2v) is 4.13. The zero-order chi connectivity index (χ0) is 14.1. The van der Waals surface area contributed by atoms with Crippen molar-refractivity contribution in [3.05, 3.63) is 23.9 Å². The molecule has 0 unspecified atom stereocenters. The first-order valence-electron chi connectivity index (χ1n) is 6.51. The van der Waals surface area contributed by atoms with Crippen LogP contribution in [0.15, 0.2) is 18.3 Å². The van der Waals surface area contributed by atoms with Gasteiger partial charge in [0.2, 0.25) is 5.88 Å². The number of carbonyl (C=O) groups is 1. The number of nitrogens with one attached hydrogen (secondary N) is 1. The molecule has 0 bridgehead atoms. The lowest BCUT2D eigenvalue weighted by molar-refractivity contribution is 0.209. The zero-order valence-electron chi connectivity index (χ0n) is 11.6. The van der Waals surface area contributed by atoms with Crippen molar-refractivity contribution >= 4 is 6.09 Å². The summed E-state index contributed by atoms with van der Waals surface area (Å²) in [4.78, 5) is 16.9. The number of hydrogen-bond donors (Lipinski definition) is 2. The minimum absolute atomic E-state index is 0.222. The lowest BCUT2D eigenvalue weighted by Crippen LogP contribution is -2.31. The van der Waals surface area contributed by atoms with Crippen LogP contribution in [-0.4, -0.2) is 42.2 Å². The van der Waals surface area contributed by atoms with E-state index in [9.17, 15) is 4.79 Å². The van der Waals surface area contributed by atoms with E-state index in [0.717, 1.165) is 38.3 Å². The van der Waals surface area contributed by atoms with E-state index in [1.807, 2.05) is 6.07 Å². The van der Waals surface area contributed by atoms with Crippen molar-refractivity contribution in [1.82, 2.24) is 15.2 Å². The average molecular weight is 266 g/mol. The summed E-state index contributed by atoms with van der Waals surface area (Å²) in [5, 5.41) is 3.35. The molecular weight excluding hydrogens is 244 g/mol. The van der Waals surface area contributed by atoms with Crippen LogP contribution in [-0.2, 0) is 6.54 Å². The number of likely N-dealkylation sites (N-methyl/N-ethyl adjacent to an activating group) is 1. The molecule has 19 heavy (non-hydrogen) atoms. The fourth-order valence-electron chi connectivity index (χ4n) is 1.69. The summed E-state index contributed by atoms with van der Waals surface area (Å²) in [6, 6.07) is 3.49. The van der Waals surface area contributed by atoms with E-state index >= 15 is 0 Å². The van der Waals surface area contributed by atoms with E-state index in [0.29, 0.717) is 0 Å². The smallest absolute Gasteiger partial charge is 0.391 e. The molecule has 0 atom stereocenters. The molecule has 1 rings (SSSR count). The van der Waals surface area contributed by atoms with E-state index in [2.05, 4.69) is 33.8 Å². The van der Waals surface area contributed by atoms with Gasteiger partial charge in [-0.2, -0.15) is 0 Å². The molecule has 1 amide bonds. The summed E-state index contributed by atoms with van der Waals surface area (Å²) >= 11 is 0. The molecule has 106 valence electrons. The molecule has 0 fully saturated rings. The van der Waals surface area contributed by atoms with Crippen molar-refractivity contribution in [1.29, 1.82) is 0 Å². The second kappa shape index (κ2) is 8.44. The lowest BCUT2D eigenvalue weighted by atomic mass is 10.3. The van der Waals surface area contributed by atoms with E-state index in [1.54, 1.807) is 12.3 Å². The van der Waals surface area contributed by atoms with Gasteiger partial charge in [-0.1, -0.05) is 19.9 Å². The highest BCUT2D eigenvalue weighted by molar-refractivity contribution is 5.67. The second-order valence-electron chi connectivity index (χ2n) is 4.13. The fraction of sp³-hybridized carbons (Fsp3) is 0.538. The van der Waals surface area contributed by atoms with Crippen molar-refractivity contribution in [3.63, 3.8) is 0 Å². The number of nitrogens with zero attached hydrogens (tertiary/aromatic N) is 2. The van der Waals surface area contributed by atoms with Crippen molar-refractivity contribution in [2.24, 2.45) is 5.73 Å². The van der Waals surface area contributed by atoms with Crippen molar-refractivity contribution in [2.75, 3.05) is 26.2 Å². The van der Waals surface area contributed by atoms with Crippen LogP contribution in [0.5, 0.6) is 5.88 Å². The predicted molar refractivity (Wildman–Crippen MR) is 73.9 cm³/mol. The highest BCUT2D eigenvalue weighted by Gasteiger charge is 2.01. The molecule has 0 aliphatic rings. The average Bonchev–Trinajstić information content (AvgIpc) is 2.40. The van der Waals surface area contributed by atoms with E-state index in [1.165, 1.54) is 0 Å². The Labute approximate surface area is 113 Å². The van der Waals surface area contributed by atoms with E-state index in [-0.39, 0.29) is 5.88 Å². The van der Waals surface area contributed by atoms with Gasteiger partial charge in [-0.15, -0.1) is 0 Å². The van der Waals surface area contributed by atoms with Gasteiger partial charge >= 0.3 is 6.09 Å². The standard InChI is InChI=1S/C13H22N4O2/c1-3-17(4-2)8-7-15-9-11-5-6-12(16-10-11)19-13(14)18/h5-6,10,15H,3-4,7-9H2,1-2H3,(H2,14,18). The quantitative estimate of drug-likeness (QED) is 0.685. The van der Waals surface area contributed by atoms with Crippen molar-refractivity contribution in [2.45, 2.75) is 20.4 Å². The molecule has 1 aromatic heterocycles. The number of ether oxygens (including phenoxy) is 1. The third-order valence-electron chi connectivity index (χ3n) is 2.83. The maximum atomic E-state index is 10.5. The Balaban J connectivity index is 2.28. The third-order valence-corrected chi connectivity index (χ3v) is 2.83. The van der Waals surface area contributed by atoms with Gasteiger partial charge in [0.1, 0.15) is 0 Å². The van der Waals surface area contributed by atoms with Gasteiger partial charge < -0.3 is 20.7 Å². The molecule has 1 aromatic rings. The monoisotopic (exact) mass is 266 g/mol. The van der Waals surface area contributed by atoms with Gasteiger partial charge in [0.15, 0.2) is 0 Å². The Morgan fingerprint density at radius 1 is 1.42 bits per heavy atom. The van der Waals surface area contributed by atoms with Crippen LogP contribution < -0.4 is 15.8 Å². The summed E-state index contributed by atoms with van der Waals surface area (Å²) in [7, 11) is 0. The molecular formula is C13H22N4O2. The molecule has 0 aliphatic heterocycles. The first-order valence-corrected chi connectivity index (χ1v) is 6.51. The SMILES string of the molecule is CCN(CC)CCNCc1ccc(OC(N)=O)nc1. The molecule has 6 heteroatoms. The summed E-state index contributed by atoms with van der Waals surface area (Å²) in [5.41, 5.74) is 5.94. The van der Waals surface area contributed by atoms with E-state index < -0.39 is 6.09 Å². The number of nitrogens with two attached hydrogens (primary N) is 1. The van der Waals surface area contributed by atoms with Crippen LogP contribution in [0.2, 0.25) is 0 Å². The molecule has 0 spiro atoms. The van der Waals surface area contributed by atoms with Crippen molar-refractivity contribution < 1.29 is 9.53 Å². The van der Waals surface area contributed by atoms with Crippen LogP contribution in [0, 0.1) is 0 Å². The summed E-state index contributed by atoms with van der Waals surface area (Å²) in [6.07, 6.45) is 0.820. The van der Waals surface area contributed by atoms with Gasteiger partial charge in [-0.3, -0.25) is 0 Å². The number of primary amides is 1. The van der Waals surface area contributed by atoms with Crippen molar-refractivity contribution in [3.8, 4) is 5.88 Å². The lowest BCUT2D eigenvalue weighted by Gasteiger charge is -2.17. The molecule has 0 aliphatic carbocycles. The molecule has 0 aromatic carbocycles. The molecule has 0 saturated heterocycles. The number of pyridine rings is 1. The number of amides is 1. The molecule has 3 N–H and O–H groups in total. The zero-order valence-corrected chi connectivity index (χ0v) is 11.6. The van der Waals surface area contributed by atoms with Crippen LogP contribution in [0.4, 0.5) is 4.79 Å². The van der Waals surface area contributed by atoms with Crippen LogP contribution in [0.25, 0.3) is 0 Å². The summed E-state index contributed by atoms with van der Waals surface area (Å²) in [5.74, 6) is 0.222.